The first kappa shape index (κ1) is 19.0. The summed E-state index contributed by atoms with van der Waals surface area (Å²) in [6.07, 6.45) is 0. The number of sulfone groups is 1. The molecule has 27 heavy (non-hydrogen) atoms. The normalized spacial score (nSPS) is 11.3. The Bertz CT molecular complexity index is 1120. The molecule has 1 heterocycles. The smallest absolute Gasteiger partial charge is 0.337 e. The van der Waals surface area contributed by atoms with E-state index in [1.807, 2.05) is 6.92 Å². The summed E-state index contributed by atoms with van der Waals surface area (Å²) in [7, 11) is -2.45. The van der Waals surface area contributed by atoms with Gasteiger partial charge >= 0.3 is 5.97 Å². The van der Waals surface area contributed by atoms with Crippen molar-refractivity contribution >= 4 is 48.4 Å². The van der Waals surface area contributed by atoms with Crippen molar-refractivity contribution in [1.29, 1.82) is 0 Å². The van der Waals surface area contributed by atoms with Gasteiger partial charge in [0.15, 0.2) is 15.0 Å². The van der Waals surface area contributed by atoms with Crippen LogP contribution in [0.1, 0.15) is 15.9 Å². The predicted octanol–water partition coefficient (Wildman–Crippen LogP) is 2.80. The maximum Gasteiger partial charge on any atom is 0.337 e. The molecule has 0 unspecified atom stereocenters. The van der Waals surface area contributed by atoms with Crippen LogP contribution in [0.5, 0.6) is 0 Å². The van der Waals surface area contributed by atoms with Gasteiger partial charge in [-0.1, -0.05) is 29.0 Å². The van der Waals surface area contributed by atoms with Gasteiger partial charge in [0.1, 0.15) is 5.75 Å². The molecule has 0 spiro atoms. The van der Waals surface area contributed by atoms with Crippen molar-refractivity contribution in [2.24, 2.45) is 0 Å². The zero-order valence-electron chi connectivity index (χ0n) is 14.6. The zero-order valence-corrected chi connectivity index (χ0v) is 16.2. The van der Waals surface area contributed by atoms with Gasteiger partial charge < -0.3 is 10.1 Å². The number of ether oxygens (including phenoxy) is 1. The summed E-state index contributed by atoms with van der Waals surface area (Å²) >= 11 is 1.15. The number of rotatable bonds is 5. The van der Waals surface area contributed by atoms with Crippen LogP contribution in [0.3, 0.4) is 0 Å². The number of benzene rings is 2. The van der Waals surface area contributed by atoms with Gasteiger partial charge in [-0.25, -0.2) is 18.2 Å². The highest BCUT2D eigenvalue weighted by atomic mass is 32.2. The molecule has 7 nitrogen and oxygen atoms in total. The maximum atomic E-state index is 12.3. The highest BCUT2D eigenvalue weighted by molar-refractivity contribution is 7.92. The molecule has 1 aromatic heterocycles. The number of esters is 1. The quantitative estimate of drug-likeness (QED) is 0.656. The first-order valence-electron chi connectivity index (χ1n) is 7.87. The number of anilines is 1. The summed E-state index contributed by atoms with van der Waals surface area (Å²) in [6.45, 7) is 1.85. The van der Waals surface area contributed by atoms with Crippen LogP contribution in [0.2, 0.25) is 0 Å². The molecular formula is C18H16N2O5S2. The predicted molar refractivity (Wildman–Crippen MR) is 103 cm³/mol. The van der Waals surface area contributed by atoms with Crippen molar-refractivity contribution in [2.75, 3.05) is 18.2 Å². The molecule has 0 aliphatic rings. The summed E-state index contributed by atoms with van der Waals surface area (Å²) in [5, 5.41) is 2.76. The average molecular weight is 404 g/mol. The summed E-state index contributed by atoms with van der Waals surface area (Å²) in [4.78, 5) is 28.1. The van der Waals surface area contributed by atoms with Gasteiger partial charge in [-0.15, -0.1) is 0 Å². The lowest BCUT2D eigenvalue weighted by Crippen LogP contribution is -2.22. The minimum Gasteiger partial charge on any atom is -0.465 e. The molecule has 3 aromatic rings. The van der Waals surface area contributed by atoms with E-state index in [0.29, 0.717) is 15.8 Å². The minimum absolute atomic E-state index is 0.0928. The molecule has 0 aliphatic carbocycles. The summed E-state index contributed by atoms with van der Waals surface area (Å²) in [5.74, 6) is -1.83. The van der Waals surface area contributed by atoms with Gasteiger partial charge in [0, 0.05) is 0 Å². The molecule has 0 radical (unpaired) electrons. The molecule has 0 saturated heterocycles. The number of hydrogen-bond donors (Lipinski definition) is 1. The number of carbonyl (C=O) groups excluding carboxylic acids is 2. The number of aromatic nitrogens is 1. The van der Waals surface area contributed by atoms with Crippen LogP contribution >= 0.6 is 11.3 Å². The summed E-state index contributed by atoms with van der Waals surface area (Å²) in [5.41, 5.74) is 1.89. The molecule has 9 heteroatoms. The Morgan fingerprint density at radius 3 is 2.52 bits per heavy atom. The number of nitrogens with one attached hydrogen (secondary N) is 1. The van der Waals surface area contributed by atoms with Crippen molar-refractivity contribution in [3.63, 3.8) is 0 Å². The Labute approximate surface area is 159 Å². The van der Waals surface area contributed by atoms with Crippen LogP contribution in [0, 0.1) is 6.92 Å². The number of methoxy groups -OCH3 is 1. The van der Waals surface area contributed by atoms with Crippen molar-refractivity contribution in [3.8, 4) is 0 Å². The van der Waals surface area contributed by atoms with Gasteiger partial charge in [-0.2, -0.15) is 0 Å². The first-order chi connectivity index (χ1) is 12.8. The van der Waals surface area contributed by atoms with Crippen molar-refractivity contribution in [3.05, 3.63) is 53.6 Å². The molecule has 140 valence electrons. The topological polar surface area (TPSA) is 102 Å². The third kappa shape index (κ3) is 4.32. The number of nitrogens with zero attached hydrogens (tertiary/aromatic N) is 1. The van der Waals surface area contributed by atoms with E-state index in [9.17, 15) is 18.0 Å². The van der Waals surface area contributed by atoms with Crippen molar-refractivity contribution in [2.45, 2.75) is 11.8 Å². The fraction of sp³-hybridized carbons (Fsp3) is 0.167. The second-order valence-corrected chi connectivity index (χ2v) is 8.83. The van der Waals surface area contributed by atoms with Crippen molar-refractivity contribution in [1.82, 2.24) is 4.98 Å². The van der Waals surface area contributed by atoms with E-state index in [1.54, 1.807) is 30.3 Å². The third-order valence-corrected chi connectivity index (χ3v) is 6.32. The molecule has 1 amide bonds. The number of amides is 1. The minimum atomic E-state index is -3.74. The van der Waals surface area contributed by atoms with Crippen LogP contribution < -0.4 is 5.32 Å². The molecule has 0 saturated carbocycles. The van der Waals surface area contributed by atoms with Crippen LogP contribution in [0.4, 0.5) is 5.13 Å². The fourth-order valence-electron chi connectivity index (χ4n) is 2.38. The lowest BCUT2D eigenvalue weighted by molar-refractivity contribution is -0.113. The van der Waals surface area contributed by atoms with E-state index in [4.69, 9.17) is 0 Å². The SMILES string of the molecule is COC(=O)c1ccc2nc(NC(=O)CS(=O)(=O)c3ccc(C)cc3)sc2c1. The van der Waals surface area contributed by atoms with Gasteiger partial charge in [0.2, 0.25) is 5.91 Å². The molecule has 1 N–H and O–H groups in total. The average Bonchev–Trinajstić information content (AvgIpc) is 3.01. The van der Waals surface area contributed by atoms with Crippen LogP contribution in [0.15, 0.2) is 47.4 Å². The van der Waals surface area contributed by atoms with Gasteiger partial charge in [0.05, 0.1) is 27.8 Å². The summed E-state index contributed by atoms with van der Waals surface area (Å²) < 4.78 is 30.0. The van der Waals surface area contributed by atoms with E-state index >= 15 is 0 Å². The zero-order chi connectivity index (χ0) is 19.6. The molecule has 0 aliphatic heterocycles. The van der Waals surface area contributed by atoms with Crippen LogP contribution in [-0.2, 0) is 19.4 Å². The van der Waals surface area contributed by atoms with E-state index in [-0.39, 0.29) is 10.0 Å². The van der Waals surface area contributed by atoms with E-state index in [0.717, 1.165) is 16.9 Å². The number of hydrogen-bond acceptors (Lipinski definition) is 7. The van der Waals surface area contributed by atoms with Crippen LogP contribution in [-0.4, -0.2) is 38.1 Å². The van der Waals surface area contributed by atoms with Gasteiger partial charge in [0.25, 0.3) is 0 Å². The van der Waals surface area contributed by atoms with E-state index < -0.39 is 27.5 Å². The lowest BCUT2D eigenvalue weighted by atomic mass is 10.2. The Morgan fingerprint density at radius 1 is 1.15 bits per heavy atom. The molecular weight excluding hydrogens is 388 g/mol. The van der Waals surface area contributed by atoms with Crippen LogP contribution in [0.25, 0.3) is 10.2 Å². The van der Waals surface area contributed by atoms with Crippen molar-refractivity contribution < 1.29 is 22.7 Å². The fourth-order valence-corrected chi connectivity index (χ4v) is 4.44. The lowest BCUT2D eigenvalue weighted by Gasteiger charge is -2.04. The number of aryl methyl sites for hydroxylation is 1. The maximum absolute atomic E-state index is 12.3. The second-order valence-electron chi connectivity index (χ2n) is 5.81. The monoisotopic (exact) mass is 404 g/mol. The molecule has 0 bridgehead atoms. The molecule has 2 aromatic carbocycles. The molecule has 3 rings (SSSR count). The number of carbonyl (C=O) groups is 2. The number of fused-ring (bicyclic) bond motifs is 1. The Hall–Kier alpha value is -2.78. The second kappa shape index (κ2) is 7.45. The third-order valence-electron chi connectivity index (χ3n) is 3.76. The Balaban J connectivity index is 1.75. The first-order valence-corrected chi connectivity index (χ1v) is 10.3. The Kier molecular flexibility index (Phi) is 5.24. The molecule has 0 fully saturated rings. The highest BCUT2D eigenvalue weighted by Crippen LogP contribution is 2.27. The van der Waals surface area contributed by atoms with E-state index in [1.165, 1.54) is 19.2 Å². The standard InChI is InChI=1S/C18H16N2O5S2/c1-11-3-6-13(7-4-11)27(23,24)10-16(21)20-18-19-14-8-5-12(17(22)25-2)9-15(14)26-18/h3-9H,10H2,1-2H3,(H,19,20,21). The Morgan fingerprint density at radius 2 is 1.85 bits per heavy atom. The molecule has 0 atom stereocenters. The highest BCUT2D eigenvalue weighted by Gasteiger charge is 2.20. The number of thiazole rings is 1. The van der Waals surface area contributed by atoms with Gasteiger partial charge in [-0.05, 0) is 37.3 Å². The summed E-state index contributed by atoms with van der Waals surface area (Å²) in [6, 6.07) is 11.1. The largest absolute Gasteiger partial charge is 0.465 e. The van der Waals surface area contributed by atoms with E-state index in [2.05, 4.69) is 15.0 Å². The van der Waals surface area contributed by atoms with Gasteiger partial charge in [-0.3, -0.25) is 4.79 Å².